The van der Waals surface area contributed by atoms with Crippen molar-refractivity contribution < 1.29 is 9.53 Å². The molecule has 0 unspecified atom stereocenters. The van der Waals surface area contributed by atoms with Crippen molar-refractivity contribution in [2.75, 3.05) is 33.3 Å². The number of nitrogens with zero attached hydrogens (tertiary/aromatic N) is 6. The van der Waals surface area contributed by atoms with Crippen LogP contribution >= 0.6 is 0 Å². The Labute approximate surface area is 188 Å². The lowest BCUT2D eigenvalue weighted by molar-refractivity contribution is -0.159. The van der Waals surface area contributed by atoms with Crippen molar-refractivity contribution in [3.63, 3.8) is 0 Å². The maximum Gasteiger partial charge on any atom is 0.228 e. The minimum atomic E-state index is -0.0324. The van der Waals surface area contributed by atoms with E-state index in [1.54, 1.807) is 11.8 Å². The second-order valence-corrected chi connectivity index (χ2v) is 10.5. The number of hydrogen-bond acceptors (Lipinski definition) is 6. The Morgan fingerprint density at radius 1 is 1.00 bits per heavy atom. The molecule has 4 aliphatic carbocycles. The van der Waals surface area contributed by atoms with Crippen LogP contribution in [0.25, 0.3) is 5.69 Å². The van der Waals surface area contributed by atoms with Gasteiger partial charge in [0.2, 0.25) is 5.91 Å². The van der Waals surface area contributed by atoms with Crippen LogP contribution < -0.4 is 4.74 Å². The zero-order valence-corrected chi connectivity index (χ0v) is 18.8. The van der Waals surface area contributed by atoms with Gasteiger partial charge >= 0.3 is 0 Å². The lowest BCUT2D eigenvalue weighted by Gasteiger charge is -2.57. The van der Waals surface area contributed by atoms with Gasteiger partial charge in [0.25, 0.3) is 0 Å². The average molecular weight is 437 g/mol. The fraction of sp³-hybridized carbons (Fsp3) is 0.667. The summed E-state index contributed by atoms with van der Waals surface area (Å²) in [6, 6.07) is 7.74. The minimum Gasteiger partial charge on any atom is -0.497 e. The molecule has 1 amide bonds. The van der Waals surface area contributed by atoms with E-state index in [-0.39, 0.29) is 5.41 Å². The van der Waals surface area contributed by atoms with Crippen molar-refractivity contribution in [2.45, 2.75) is 45.1 Å². The predicted octanol–water partition coefficient (Wildman–Crippen LogP) is 2.53. The first-order chi connectivity index (χ1) is 15.6. The van der Waals surface area contributed by atoms with Crippen molar-refractivity contribution in [3.05, 3.63) is 30.1 Å². The lowest BCUT2D eigenvalue weighted by Crippen LogP contribution is -2.58. The molecule has 1 saturated heterocycles. The van der Waals surface area contributed by atoms with E-state index in [0.717, 1.165) is 80.5 Å². The molecule has 1 aliphatic heterocycles. The van der Waals surface area contributed by atoms with E-state index in [4.69, 9.17) is 4.74 Å². The summed E-state index contributed by atoms with van der Waals surface area (Å²) in [7, 11) is 1.66. The molecule has 5 aliphatic rings. The van der Waals surface area contributed by atoms with Crippen molar-refractivity contribution in [1.82, 2.24) is 30.0 Å². The van der Waals surface area contributed by atoms with E-state index >= 15 is 0 Å². The van der Waals surface area contributed by atoms with Crippen LogP contribution in [0.4, 0.5) is 0 Å². The van der Waals surface area contributed by atoms with E-state index < -0.39 is 0 Å². The van der Waals surface area contributed by atoms with E-state index in [9.17, 15) is 4.79 Å². The molecule has 4 bridgehead atoms. The highest BCUT2D eigenvalue weighted by Crippen LogP contribution is 2.60. The summed E-state index contributed by atoms with van der Waals surface area (Å²) in [6.07, 6.45) is 7.58. The van der Waals surface area contributed by atoms with Gasteiger partial charge in [-0.1, -0.05) is 0 Å². The Morgan fingerprint density at radius 2 is 1.62 bits per heavy atom. The predicted molar refractivity (Wildman–Crippen MR) is 118 cm³/mol. The summed E-state index contributed by atoms with van der Waals surface area (Å²) in [4.78, 5) is 18.1. The van der Waals surface area contributed by atoms with Crippen LogP contribution in [-0.2, 0) is 11.3 Å². The third-order valence-electron chi connectivity index (χ3n) is 8.37. The van der Waals surface area contributed by atoms with Crippen LogP contribution in [0, 0.1) is 23.2 Å². The van der Waals surface area contributed by atoms with Crippen LogP contribution in [0.3, 0.4) is 0 Å². The van der Waals surface area contributed by atoms with E-state index in [1.807, 2.05) is 24.3 Å². The number of hydrogen-bond donors (Lipinski definition) is 0. The Hall–Kier alpha value is -2.48. The second kappa shape index (κ2) is 7.83. The highest BCUT2D eigenvalue weighted by Gasteiger charge is 2.55. The molecule has 170 valence electrons. The Morgan fingerprint density at radius 3 is 2.22 bits per heavy atom. The van der Waals surface area contributed by atoms with Crippen molar-refractivity contribution in [1.29, 1.82) is 0 Å². The number of carbonyl (C=O) groups is 1. The van der Waals surface area contributed by atoms with Gasteiger partial charge in [0.1, 0.15) is 5.75 Å². The van der Waals surface area contributed by atoms with E-state index in [2.05, 4.69) is 25.3 Å². The molecule has 32 heavy (non-hydrogen) atoms. The summed E-state index contributed by atoms with van der Waals surface area (Å²) in [6.45, 7) is 4.04. The third-order valence-corrected chi connectivity index (χ3v) is 8.37. The molecule has 4 saturated carbocycles. The molecule has 0 radical (unpaired) electrons. The maximum absolute atomic E-state index is 13.6. The summed E-state index contributed by atoms with van der Waals surface area (Å²) in [5, 5.41) is 12.3. The molecule has 8 nitrogen and oxygen atoms in total. The van der Waals surface area contributed by atoms with Crippen LogP contribution in [-0.4, -0.2) is 69.2 Å². The summed E-state index contributed by atoms with van der Waals surface area (Å²) >= 11 is 0. The number of methoxy groups -OCH3 is 1. The number of ether oxygens (including phenoxy) is 1. The van der Waals surface area contributed by atoms with Gasteiger partial charge in [0.05, 0.1) is 24.8 Å². The highest BCUT2D eigenvalue weighted by molar-refractivity contribution is 5.83. The van der Waals surface area contributed by atoms with Gasteiger partial charge in [0.15, 0.2) is 5.82 Å². The Kier molecular flexibility index (Phi) is 4.93. The fourth-order valence-electron chi connectivity index (χ4n) is 7.25. The molecular formula is C24H32N6O2. The van der Waals surface area contributed by atoms with E-state index in [0.29, 0.717) is 12.5 Å². The standard InChI is InChI=1S/C24H32N6O2/c1-32-21-4-2-20(3-5-21)30-22(25-26-27-30)16-28-6-8-29(9-7-28)23(31)24-13-17-10-18(14-24)12-19(11-17)15-24/h2-5,17-19H,6-16H2,1H3. The summed E-state index contributed by atoms with van der Waals surface area (Å²) in [5.41, 5.74) is 0.886. The monoisotopic (exact) mass is 436 g/mol. The zero-order chi connectivity index (χ0) is 21.7. The van der Waals surface area contributed by atoms with Gasteiger partial charge in [-0.3, -0.25) is 9.69 Å². The smallest absolute Gasteiger partial charge is 0.228 e. The van der Waals surface area contributed by atoms with Crippen LogP contribution in [0.1, 0.15) is 44.3 Å². The first-order valence-corrected chi connectivity index (χ1v) is 12.1. The van der Waals surface area contributed by atoms with Gasteiger partial charge in [0, 0.05) is 26.2 Å². The Bertz CT molecular complexity index is 943. The molecule has 5 fully saturated rings. The largest absolute Gasteiger partial charge is 0.497 e. The molecule has 1 aromatic heterocycles. The first-order valence-electron chi connectivity index (χ1n) is 12.1. The number of aromatic nitrogens is 4. The van der Waals surface area contributed by atoms with Gasteiger partial charge in [-0.2, -0.15) is 4.68 Å². The second-order valence-electron chi connectivity index (χ2n) is 10.5. The van der Waals surface area contributed by atoms with Crippen molar-refractivity contribution in [3.8, 4) is 11.4 Å². The molecule has 8 heteroatoms. The molecule has 2 aromatic rings. The van der Waals surface area contributed by atoms with Crippen LogP contribution in [0.5, 0.6) is 5.75 Å². The quantitative estimate of drug-likeness (QED) is 0.717. The number of amides is 1. The van der Waals surface area contributed by atoms with Gasteiger partial charge in [-0.05, 0) is 91.0 Å². The highest BCUT2D eigenvalue weighted by atomic mass is 16.5. The molecule has 0 atom stereocenters. The average Bonchev–Trinajstić information content (AvgIpc) is 3.26. The lowest BCUT2D eigenvalue weighted by atomic mass is 9.49. The minimum absolute atomic E-state index is 0.0324. The number of carbonyl (C=O) groups excluding carboxylic acids is 1. The number of rotatable bonds is 5. The van der Waals surface area contributed by atoms with Gasteiger partial charge in [-0.15, -0.1) is 5.10 Å². The summed E-state index contributed by atoms with van der Waals surface area (Å²) < 4.78 is 7.03. The Balaban J connectivity index is 1.09. The van der Waals surface area contributed by atoms with Crippen molar-refractivity contribution >= 4 is 5.91 Å². The molecular weight excluding hydrogens is 404 g/mol. The molecule has 2 heterocycles. The van der Waals surface area contributed by atoms with Crippen LogP contribution in [0.2, 0.25) is 0 Å². The van der Waals surface area contributed by atoms with Crippen LogP contribution in [0.15, 0.2) is 24.3 Å². The van der Waals surface area contributed by atoms with Gasteiger partial charge < -0.3 is 9.64 Å². The molecule has 7 rings (SSSR count). The third kappa shape index (κ3) is 3.49. The topological polar surface area (TPSA) is 76.4 Å². The molecule has 0 N–H and O–H groups in total. The fourth-order valence-corrected chi connectivity index (χ4v) is 7.25. The number of piperazine rings is 1. The molecule has 1 aromatic carbocycles. The summed E-state index contributed by atoms with van der Waals surface area (Å²) in [5.74, 6) is 4.51. The molecule has 0 spiro atoms. The number of tetrazole rings is 1. The van der Waals surface area contributed by atoms with Gasteiger partial charge in [-0.25, -0.2) is 0 Å². The van der Waals surface area contributed by atoms with E-state index in [1.165, 1.54) is 19.3 Å². The normalized spacial score (nSPS) is 31.8. The maximum atomic E-state index is 13.6. The number of benzene rings is 1. The first kappa shape index (κ1) is 20.1. The zero-order valence-electron chi connectivity index (χ0n) is 18.8. The SMILES string of the molecule is COc1ccc(-n2nnnc2CN2CCN(C(=O)C34CC5CC(CC(C5)C3)C4)CC2)cc1. The van der Waals surface area contributed by atoms with Crippen molar-refractivity contribution in [2.24, 2.45) is 23.2 Å².